The lowest BCUT2D eigenvalue weighted by atomic mass is 9.95. The molecule has 46 heavy (non-hydrogen) atoms. The van der Waals surface area contributed by atoms with Crippen molar-refractivity contribution >= 4 is 5.91 Å². The van der Waals surface area contributed by atoms with E-state index in [0.717, 1.165) is 6.92 Å². The second-order valence-electron chi connectivity index (χ2n) is 11.3. The van der Waals surface area contributed by atoms with E-state index in [-0.39, 0.29) is 13.2 Å². The molecule has 0 saturated carbocycles. The molecular weight excluding hydrogens is 622 g/mol. The molecule has 0 radical (unpaired) electrons. The van der Waals surface area contributed by atoms with E-state index in [9.17, 15) is 55.9 Å². The molecule has 1 amide bonds. The molecule has 18 nitrogen and oxygen atoms in total. The monoisotopic (exact) mass is 665 g/mol. The summed E-state index contributed by atoms with van der Waals surface area (Å²) >= 11 is 0. The van der Waals surface area contributed by atoms with Crippen molar-refractivity contribution in [3.8, 4) is 0 Å². The molecule has 3 fully saturated rings. The van der Waals surface area contributed by atoms with Crippen LogP contribution in [0.1, 0.15) is 18.1 Å². The Hall–Kier alpha value is -1.95. The van der Waals surface area contributed by atoms with Crippen LogP contribution in [-0.4, -0.2) is 169 Å². The fourth-order valence-electron chi connectivity index (χ4n) is 5.49. The van der Waals surface area contributed by atoms with Crippen LogP contribution in [0, 0.1) is 0 Å². The van der Waals surface area contributed by atoms with Crippen LogP contribution in [0.5, 0.6) is 0 Å². The Labute approximate surface area is 263 Å². The predicted octanol–water partition coefficient (Wildman–Crippen LogP) is -5.71. The highest BCUT2D eigenvalue weighted by Gasteiger charge is 2.54. The molecule has 0 spiro atoms. The van der Waals surface area contributed by atoms with Crippen molar-refractivity contribution in [2.24, 2.45) is 0 Å². The minimum absolute atomic E-state index is 0.123. The maximum atomic E-state index is 12.0. The van der Waals surface area contributed by atoms with Gasteiger partial charge < -0.3 is 84.8 Å². The Bertz CT molecular complexity index is 1100. The second-order valence-corrected chi connectivity index (χ2v) is 11.3. The summed E-state index contributed by atoms with van der Waals surface area (Å²) in [6.07, 6.45) is -22.9. The molecule has 4 rings (SSSR count). The van der Waals surface area contributed by atoms with Crippen LogP contribution in [0.25, 0.3) is 0 Å². The van der Waals surface area contributed by atoms with Crippen molar-refractivity contribution in [2.45, 2.75) is 112 Å². The first-order chi connectivity index (χ1) is 21.9. The highest BCUT2D eigenvalue weighted by Crippen LogP contribution is 2.34. The number of carbonyl (C=O) groups is 1. The van der Waals surface area contributed by atoms with E-state index in [1.165, 1.54) is 0 Å². The third-order valence-corrected chi connectivity index (χ3v) is 8.10. The lowest BCUT2D eigenvalue weighted by Crippen LogP contribution is -2.69. The Kier molecular flexibility index (Phi) is 13.2. The first-order valence-electron chi connectivity index (χ1n) is 14.7. The number of benzene rings is 1. The number of amides is 1. The smallest absolute Gasteiger partial charge is 0.217 e. The van der Waals surface area contributed by atoms with Crippen molar-refractivity contribution in [3.05, 3.63) is 35.4 Å². The molecule has 0 aromatic heterocycles. The van der Waals surface area contributed by atoms with Gasteiger partial charge in [0.25, 0.3) is 0 Å². The number of hydrogen-bond acceptors (Lipinski definition) is 17. The highest BCUT2D eigenvalue weighted by atomic mass is 16.8. The highest BCUT2D eigenvalue weighted by molar-refractivity contribution is 5.73. The van der Waals surface area contributed by atoms with Gasteiger partial charge in [-0.3, -0.25) is 4.79 Å². The summed E-state index contributed by atoms with van der Waals surface area (Å²) in [4.78, 5) is 12.0. The number of hydrogen-bond donors (Lipinski definition) is 11. The summed E-state index contributed by atoms with van der Waals surface area (Å²) in [5, 5.41) is 105. The average molecular weight is 666 g/mol. The first kappa shape index (κ1) is 36.9. The van der Waals surface area contributed by atoms with E-state index in [1.54, 1.807) is 24.3 Å². The molecule has 11 N–H and O–H groups in total. The molecule has 3 aliphatic heterocycles. The summed E-state index contributed by atoms with van der Waals surface area (Å²) < 4.78 is 34.6. The molecule has 18 heteroatoms. The summed E-state index contributed by atoms with van der Waals surface area (Å²) in [5.74, 6) is -0.654. The minimum atomic E-state index is -1.89. The summed E-state index contributed by atoms with van der Waals surface area (Å²) in [5.41, 5.74) is 1.27. The number of aliphatic hydroxyl groups excluding tert-OH is 10. The Morgan fingerprint density at radius 2 is 1.17 bits per heavy atom. The summed E-state index contributed by atoms with van der Waals surface area (Å²) in [6, 6.07) is 5.19. The van der Waals surface area contributed by atoms with Crippen LogP contribution >= 0.6 is 0 Å². The third-order valence-electron chi connectivity index (χ3n) is 8.10. The summed E-state index contributed by atoms with van der Waals surface area (Å²) in [7, 11) is 0. The van der Waals surface area contributed by atoms with Gasteiger partial charge in [0.15, 0.2) is 18.9 Å². The molecule has 3 heterocycles. The van der Waals surface area contributed by atoms with Crippen LogP contribution in [0.2, 0.25) is 0 Å². The van der Waals surface area contributed by atoms with E-state index in [0.29, 0.717) is 11.1 Å². The van der Waals surface area contributed by atoms with Crippen LogP contribution in [0.15, 0.2) is 24.3 Å². The standard InChI is InChI=1S/C28H43NO17/c1-11(34)29-17-20(37)18(35)14(7-31)42-26(17)46-25-23(40)27(41-10-13-4-2-12(6-30)3-5-13)44-16(9-33)24(25)45-28-22(39)21(38)19(36)15(8-32)43-28/h2-5,14-28,30-33,35-40H,6-10H2,1H3,(H,29,34)/t14-,15-,16-,17-,18-,19-,20-,21+,22-,23-,24+,25-,26+,27-,28+/m1/s1. The Morgan fingerprint density at radius 3 is 1.74 bits per heavy atom. The number of ether oxygens (including phenoxy) is 6. The SMILES string of the molecule is CC(=O)N[C@H]1[C@H](O[C@@H]2[C@@H](O)[C@H](OCc3ccc(CO)cc3)O[C@H](CO)[C@@H]2O[C@@H]2O[C@H](CO)[C@@H](O)[C@H](O)[C@H]2O)O[C@H](CO)[C@@H](O)[C@@H]1O. The molecule has 0 unspecified atom stereocenters. The topological polar surface area (TPSA) is 287 Å². The van der Waals surface area contributed by atoms with Crippen LogP contribution < -0.4 is 5.32 Å². The first-order valence-corrected chi connectivity index (χ1v) is 14.7. The predicted molar refractivity (Wildman–Crippen MR) is 148 cm³/mol. The van der Waals surface area contributed by atoms with E-state index in [4.69, 9.17) is 28.4 Å². The van der Waals surface area contributed by atoms with Crippen molar-refractivity contribution in [3.63, 3.8) is 0 Å². The van der Waals surface area contributed by atoms with Gasteiger partial charge in [-0.25, -0.2) is 0 Å². The largest absolute Gasteiger partial charge is 0.394 e. The number of rotatable bonds is 12. The van der Waals surface area contributed by atoms with Gasteiger partial charge in [-0.2, -0.15) is 0 Å². The van der Waals surface area contributed by atoms with Crippen molar-refractivity contribution in [1.82, 2.24) is 5.32 Å². The van der Waals surface area contributed by atoms with E-state index < -0.39 is 118 Å². The van der Waals surface area contributed by atoms with Gasteiger partial charge >= 0.3 is 0 Å². The number of carbonyl (C=O) groups excluding carboxylic acids is 1. The zero-order valence-electron chi connectivity index (χ0n) is 24.8. The quantitative estimate of drug-likeness (QED) is 0.0992. The van der Waals surface area contributed by atoms with Crippen LogP contribution in [0.3, 0.4) is 0 Å². The Morgan fingerprint density at radius 1 is 0.652 bits per heavy atom. The van der Waals surface area contributed by atoms with Crippen LogP contribution in [-0.2, 0) is 46.4 Å². The van der Waals surface area contributed by atoms with E-state index in [2.05, 4.69) is 5.32 Å². The van der Waals surface area contributed by atoms with Gasteiger partial charge in [-0.15, -0.1) is 0 Å². The van der Waals surface area contributed by atoms with Gasteiger partial charge in [0.05, 0.1) is 33.0 Å². The van der Waals surface area contributed by atoms with E-state index in [1.807, 2.05) is 0 Å². The normalized spacial score (nSPS) is 41.7. The fourth-order valence-corrected chi connectivity index (χ4v) is 5.49. The molecule has 0 aliphatic carbocycles. The van der Waals surface area contributed by atoms with Gasteiger partial charge in [0.2, 0.25) is 5.91 Å². The lowest BCUT2D eigenvalue weighted by molar-refractivity contribution is -0.382. The number of nitrogens with one attached hydrogen (secondary N) is 1. The molecule has 0 bridgehead atoms. The van der Waals surface area contributed by atoms with Crippen molar-refractivity contribution < 1.29 is 84.3 Å². The molecular formula is C28H43NO17. The lowest BCUT2D eigenvalue weighted by Gasteiger charge is -2.49. The maximum absolute atomic E-state index is 12.0. The van der Waals surface area contributed by atoms with Crippen molar-refractivity contribution in [1.29, 1.82) is 0 Å². The third kappa shape index (κ3) is 8.18. The zero-order chi connectivity index (χ0) is 33.7. The Balaban J connectivity index is 1.64. The molecule has 1 aromatic carbocycles. The van der Waals surface area contributed by atoms with Gasteiger partial charge in [0.1, 0.15) is 73.2 Å². The molecule has 15 atom stereocenters. The van der Waals surface area contributed by atoms with Gasteiger partial charge in [0, 0.05) is 6.92 Å². The molecule has 1 aromatic rings. The van der Waals surface area contributed by atoms with Gasteiger partial charge in [-0.05, 0) is 11.1 Å². The summed E-state index contributed by atoms with van der Waals surface area (Å²) in [6.45, 7) is -1.51. The zero-order valence-corrected chi connectivity index (χ0v) is 24.8. The van der Waals surface area contributed by atoms with E-state index >= 15 is 0 Å². The average Bonchev–Trinajstić information content (AvgIpc) is 3.05. The minimum Gasteiger partial charge on any atom is -0.394 e. The van der Waals surface area contributed by atoms with Gasteiger partial charge in [-0.1, -0.05) is 24.3 Å². The molecule has 3 aliphatic rings. The maximum Gasteiger partial charge on any atom is 0.217 e. The van der Waals surface area contributed by atoms with Crippen molar-refractivity contribution in [2.75, 3.05) is 19.8 Å². The van der Waals surface area contributed by atoms with Crippen LogP contribution in [0.4, 0.5) is 0 Å². The number of aliphatic hydroxyl groups is 10. The molecule has 262 valence electrons. The second kappa shape index (κ2) is 16.4. The molecule has 3 saturated heterocycles. The fraction of sp³-hybridized carbons (Fsp3) is 0.750.